The molecule has 136 valence electrons. The fraction of sp³-hybridized carbons (Fsp3) is 0.150. The molecule has 0 saturated carbocycles. The van der Waals surface area contributed by atoms with E-state index >= 15 is 0 Å². The van der Waals surface area contributed by atoms with Crippen LogP contribution in [0.1, 0.15) is 17.0 Å². The molecular weight excluding hydrogens is 362 g/mol. The fourth-order valence-electron chi connectivity index (χ4n) is 2.93. The maximum absolute atomic E-state index is 11.6. The van der Waals surface area contributed by atoms with Crippen LogP contribution in [0.2, 0.25) is 0 Å². The molecule has 0 unspecified atom stereocenters. The number of hydrogen-bond acceptors (Lipinski definition) is 5. The SMILES string of the molecule is Cc1ccc(-n2c(COc3ccc4c(C)cc(=O)oc4c3)n[nH]c2=S)cc1. The van der Waals surface area contributed by atoms with Gasteiger partial charge in [0.05, 0.1) is 0 Å². The van der Waals surface area contributed by atoms with Gasteiger partial charge in [0.1, 0.15) is 17.9 Å². The number of ether oxygens (including phenoxy) is 1. The number of hydrogen-bond donors (Lipinski definition) is 1. The van der Waals surface area contributed by atoms with Gasteiger partial charge in [-0.25, -0.2) is 4.79 Å². The number of aryl methyl sites for hydroxylation is 2. The summed E-state index contributed by atoms with van der Waals surface area (Å²) in [6.45, 7) is 4.12. The molecule has 0 aliphatic rings. The lowest BCUT2D eigenvalue weighted by atomic mass is 10.1. The molecule has 4 rings (SSSR count). The van der Waals surface area contributed by atoms with E-state index in [9.17, 15) is 4.79 Å². The molecule has 0 amide bonds. The minimum Gasteiger partial charge on any atom is -0.485 e. The third kappa shape index (κ3) is 3.41. The lowest BCUT2D eigenvalue weighted by Gasteiger charge is -2.09. The van der Waals surface area contributed by atoms with E-state index in [1.807, 2.05) is 54.8 Å². The van der Waals surface area contributed by atoms with Crippen LogP contribution in [0.4, 0.5) is 0 Å². The van der Waals surface area contributed by atoms with Crippen molar-refractivity contribution in [2.24, 2.45) is 0 Å². The van der Waals surface area contributed by atoms with Gasteiger partial charge in [-0.3, -0.25) is 9.67 Å². The Labute approximate surface area is 160 Å². The van der Waals surface area contributed by atoms with Gasteiger partial charge in [0.2, 0.25) is 0 Å². The van der Waals surface area contributed by atoms with Gasteiger partial charge in [-0.15, -0.1) is 0 Å². The Bertz CT molecular complexity index is 1240. The van der Waals surface area contributed by atoms with Crippen LogP contribution >= 0.6 is 12.2 Å². The van der Waals surface area contributed by atoms with Crippen molar-refractivity contribution in [3.63, 3.8) is 0 Å². The summed E-state index contributed by atoms with van der Waals surface area (Å²) >= 11 is 5.35. The van der Waals surface area contributed by atoms with Crippen LogP contribution in [-0.2, 0) is 6.61 Å². The molecule has 0 aliphatic carbocycles. The van der Waals surface area contributed by atoms with Crippen molar-refractivity contribution in [1.29, 1.82) is 0 Å². The standard InChI is InChI=1S/C20H17N3O3S/c1-12-3-5-14(6-4-12)23-18(21-22-20(23)27)11-25-15-7-8-16-13(2)9-19(24)26-17(16)10-15/h3-10H,11H2,1-2H3,(H,22,27). The highest BCUT2D eigenvalue weighted by Crippen LogP contribution is 2.23. The minimum absolute atomic E-state index is 0.211. The summed E-state index contributed by atoms with van der Waals surface area (Å²) in [5.41, 5.74) is 3.07. The third-order valence-corrected chi connectivity index (χ3v) is 4.60. The Morgan fingerprint density at radius 1 is 1.15 bits per heavy atom. The number of benzene rings is 2. The van der Waals surface area contributed by atoms with E-state index in [1.165, 1.54) is 11.6 Å². The molecule has 0 fully saturated rings. The smallest absolute Gasteiger partial charge is 0.336 e. The number of H-pyrrole nitrogens is 1. The largest absolute Gasteiger partial charge is 0.485 e. The molecule has 6 nitrogen and oxygen atoms in total. The number of nitrogens with one attached hydrogen (secondary N) is 1. The van der Waals surface area contributed by atoms with Gasteiger partial charge in [0, 0.05) is 23.2 Å². The lowest BCUT2D eigenvalue weighted by Crippen LogP contribution is -2.06. The molecule has 2 aromatic heterocycles. The normalized spacial score (nSPS) is 11.0. The quantitative estimate of drug-likeness (QED) is 0.424. The van der Waals surface area contributed by atoms with E-state index in [-0.39, 0.29) is 12.2 Å². The van der Waals surface area contributed by atoms with E-state index in [1.54, 1.807) is 6.07 Å². The summed E-state index contributed by atoms with van der Waals surface area (Å²) in [5, 5.41) is 7.95. The average Bonchev–Trinajstić information content (AvgIpc) is 3.01. The maximum atomic E-state index is 11.6. The summed E-state index contributed by atoms with van der Waals surface area (Å²) < 4.78 is 13.5. The topological polar surface area (TPSA) is 73.1 Å². The Morgan fingerprint density at radius 2 is 1.93 bits per heavy atom. The first-order valence-electron chi connectivity index (χ1n) is 8.42. The maximum Gasteiger partial charge on any atom is 0.336 e. The summed E-state index contributed by atoms with van der Waals surface area (Å²) in [7, 11) is 0. The zero-order valence-electron chi connectivity index (χ0n) is 14.9. The van der Waals surface area contributed by atoms with E-state index < -0.39 is 0 Å². The number of aromatic nitrogens is 3. The Kier molecular flexibility index (Phi) is 4.37. The molecule has 2 aromatic carbocycles. The van der Waals surface area contributed by atoms with Crippen molar-refractivity contribution >= 4 is 23.2 Å². The molecule has 1 N–H and O–H groups in total. The zero-order valence-corrected chi connectivity index (χ0v) is 15.7. The van der Waals surface area contributed by atoms with Crippen molar-refractivity contribution in [3.05, 3.63) is 80.7 Å². The highest BCUT2D eigenvalue weighted by atomic mass is 32.1. The summed E-state index contributed by atoms with van der Waals surface area (Å²) in [6, 6.07) is 14.9. The van der Waals surface area contributed by atoms with Gasteiger partial charge in [0.25, 0.3) is 0 Å². The predicted octanol–water partition coefficient (Wildman–Crippen LogP) is 4.23. The summed E-state index contributed by atoms with van der Waals surface area (Å²) in [5.74, 6) is 1.23. The number of fused-ring (bicyclic) bond motifs is 1. The van der Waals surface area contributed by atoms with Crippen molar-refractivity contribution in [2.75, 3.05) is 0 Å². The number of aromatic amines is 1. The number of rotatable bonds is 4. The minimum atomic E-state index is -0.377. The fourth-order valence-corrected chi connectivity index (χ4v) is 3.19. The van der Waals surface area contributed by atoms with Gasteiger partial charge in [-0.05, 0) is 55.9 Å². The second-order valence-electron chi connectivity index (χ2n) is 6.31. The first-order valence-corrected chi connectivity index (χ1v) is 8.83. The first kappa shape index (κ1) is 17.2. The lowest BCUT2D eigenvalue weighted by molar-refractivity contribution is 0.293. The zero-order chi connectivity index (χ0) is 19.0. The second kappa shape index (κ2) is 6.85. The van der Waals surface area contributed by atoms with E-state index in [2.05, 4.69) is 10.2 Å². The van der Waals surface area contributed by atoms with Crippen molar-refractivity contribution in [1.82, 2.24) is 14.8 Å². The average molecular weight is 379 g/mol. The van der Waals surface area contributed by atoms with Gasteiger partial charge < -0.3 is 9.15 Å². The second-order valence-corrected chi connectivity index (χ2v) is 6.70. The predicted molar refractivity (Wildman–Crippen MR) is 105 cm³/mol. The molecule has 27 heavy (non-hydrogen) atoms. The molecular formula is C20H17N3O3S. The Hall–Kier alpha value is -3.19. The van der Waals surface area contributed by atoms with E-state index in [4.69, 9.17) is 21.4 Å². The molecule has 0 spiro atoms. The third-order valence-electron chi connectivity index (χ3n) is 4.32. The molecule has 4 aromatic rings. The van der Waals surface area contributed by atoms with Crippen LogP contribution in [0.3, 0.4) is 0 Å². The van der Waals surface area contributed by atoms with Crippen LogP contribution in [0, 0.1) is 18.6 Å². The molecule has 0 saturated heterocycles. The van der Waals surface area contributed by atoms with Gasteiger partial charge in [-0.1, -0.05) is 17.7 Å². The van der Waals surface area contributed by atoms with Crippen molar-refractivity contribution in [2.45, 2.75) is 20.5 Å². The van der Waals surface area contributed by atoms with Crippen LogP contribution in [-0.4, -0.2) is 14.8 Å². The van der Waals surface area contributed by atoms with Crippen LogP contribution in [0.5, 0.6) is 5.75 Å². The van der Waals surface area contributed by atoms with E-state index in [0.29, 0.717) is 21.9 Å². The van der Waals surface area contributed by atoms with Crippen molar-refractivity contribution in [3.8, 4) is 11.4 Å². The van der Waals surface area contributed by atoms with Gasteiger partial charge in [0.15, 0.2) is 10.6 Å². The summed E-state index contributed by atoms with van der Waals surface area (Å²) in [6.07, 6.45) is 0. The monoisotopic (exact) mass is 379 g/mol. The molecule has 0 atom stereocenters. The highest BCUT2D eigenvalue weighted by Gasteiger charge is 2.10. The molecule has 0 radical (unpaired) electrons. The summed E-state index contributed by atoms with van der Waals surface area (Å²) in [4.78, 5) is 11.6. The molecule has 2 heterocycles. The van der Waals surface area contributed by atoms with Crippen LogP contribution in [0.15, 0.2) is 57.7 Å². The Balaban J connectivity index is 1.63. The van der Waals surface area contributed by atoms with Crippen LogP contribution < -0.4 is 10.4 Å². The van der Waals surface area contributed by atoms with Crippen molar-refractivity contribution < 1.29 is 9.15 Å². The first-order chi connectivity index (χ1) is 13.0. The Morgan fingerprint density at radius 3 is 2.70 bits per heavy atom. The molecule has 0 bridgehead atoms. The van der Waals surface area contributed by atoms with Gasteiger partial charge >= 0.3 is 5.63 Å². The molecule has 7 heteroatoms. The highest BCUT2D eigenvalue weighted by molar-refractivity contribution is 7.71. The van der Waals surface area contributed by atoms with E-state index in [0.717, 1.165) is 16.6 Å². The van der Waals surface area contributed by atoms with Gasteiger partial charge in [-0.2, -0.15) is 5.10 Å². The molecule has 0 aliphatic heterocycles. The van der Waals surface area contributed by atoms with Crippen LogP contribution in [0.25, 0.3) is 16.7 Å². The number of nitrogens with zero attached hydrogens (tertiary/aromatic N) is 2.